The minimum absolute atomic E-state index is 0.0356. The lowest BCUT2D eigenvalue weighted by atomic mass is 9.98. The number of aromatic nitrogens is 2. The molecule has 0 N–H and O–H groups in total. The fourth-order valence-corrected chi connectivity index (χ4v) is 4.16. The van der Waals surface area contributed by atoms with Crippen LogP contribution in [0.4, 0.5) is 0 Å². The Balaban J connectivity index is 1.57. The van der Waals surface area contributed by atoms with Gasteiger partial charge in [-0.05, 0) is 58.1 Å². The zero-order valence-electron chi connectivity index (χ0n) is 16.4. The highest BCUT2D eigenvalue weighted by molar-refractivity contribution is 5.99. The summed E-state index contributed by atoms with van der Waals surface area (Å²) in [4.78, 5) is 19.7. The SMILES string of the molecule is Cc1ccc2c(C)c(C(=O)N3CCCC[C@H]3CCn3ccnc3C)oc2c1. The monoisotopic (exact) mass is 365 g/mol. The van der Waals surface area contributed by atoms with Crippen LogP contribution >= 0.6 is 0 Å². The quantitative estimate of drug-likeness (QED) is 0.677. The van der Waals surface area contributed by atoms with Crippen LogP contribution in [0.25, 0.3) is 11.0 Å². The van der Waals surface area contributed by atoms with E-state index in [-0.39, 0.29) is 11.9 Å². The molecule has 0 spiro atoms. The molecule has 0 saturated carbocycles. The molecule has 3 aromatic rings. The first kappa shape index (κ1) is 17.8. The number of piperidine rings is 1. The number of imidazole rings is 1. The molecule has 0 unspecified atom stereocenters. The molecule has 1 aliphatic rings. The predicted molar refractivity (Wildman–Crippen MR) is 106 cm³/mol. The van der Waals surface area contributed by atoms with Crippen LogP contribution in [-0.2, 0) is 6.54 Å². The van der Waals surface area contributed by atoms with Crippen LogP contribution in [0.3, 0.4) is 0 Å². The normalized spacial score (nSPS) is 17.6. The van der Waals surface area contributed by atoms with Crippen LogP contribution in [-0.4, -0.2) is 32.9 Å². The van der Waals surface area contributed by atoms with Crippen LogP contribution in [0.2, 0.25) is 0 Å². The second-order valence-electron chi connectivity index (χ2n) is 7.66. The van der Waals surface area contributed by atoms with E-state index in [1.807, 2.05) is 44.1 Å². The van der Waals surface area contributed by atoms with E-state index in [1.54, 1.807) is 0 Å². The third-order valence-electron chi connectivity index (χ3n) is 5.80. The standard InChI is InChI=1S/C22H27N3O2/c1-15-7-8-19-16(2)21(27-20(19)14-15)22(26)25-11-5-4-6-18(25)9-12-24-13-10-23-17(24)3/h7-8,10,13-14,18H,4-6,9,11-12H2,1-3H3/t18-/m0/s1. The first-order valence-electron chi connectivity index (χ1n) is 9.83. The number of benzene rings is 1. The van der Waals surface area contributed by atoms with Crippen LogP contribution in [0.5, 0.6) is 0 Å². The van der Waals surface area contributed by atoms with Crippen molar-refractivity contribution < 1.29 is 9.21 Å². The summed E-state index contributed by atoms with van der Waals surface area (Å²) in [6, 6.07) is 6.38. The number of carbonyl (C=O) groups excluding carboxylic acids is 1. The number of rotatable bonds is 4. The first-order valence-corrected chi connectivity index (χ1v) is 9.83. The molecule has 0 bridgehead atoms. The topological polar surface area (TPSA) is 51.3 Å². The smallest absolute Gasteiger partial charge is 0.290 e. The fraction of sp³-hybridized carbons (Fsp3) is 0.455. The molecule has 1 amide bonds. The van der Waals surface area contributed by atoms with Gasteiger partial charge in [0.1, 0.15) is 11.4 Å². The average molecular weight is 365 g/mol. The molecule has 1 aromatic carbocycles. The second kappa shape index (κ2) is 7.22. The molecule has 5 nitrogen and oxygen atoms in total. The predicted octanol–water partition coefficient (Wildman–Crippen LogP) is 4.64. The molecule has 0 radical (unpaired) electrons. The largest absolute Gasteiger partial charge is 0.451 e. The van der Waals surface area contributed by atoms with Crippen LogP contribution in [0, 0.1) is 20.8 Å². The molecular formula is C22H27N3O2. The number of nitrogens with zero attached hydrogens (tertiary/aromatic N) is 3. The number of amides is 1. The van der Waals surface area contributed by atoms with Crippen molar-refractivity contribution in [2.75, 3.05) is 6.54 Å². The van der Waals surface area contributed by atoms with E-state index in [9.17, 15) is 4.79 Å². The van der Waals surface area contributed by atoms with Crippen LogP contribution in [0.15, 0.2) is 35.0 Å². The molecule has 1 fully saturated rings. The summed E-state index contributed by atoms with van der Waals surface area (Å²) >= 11 is 0. The summed E-state index contributed by atoms with van der Waals surface area (Å²) in [6.45, 7) is 7.74. The van der Waals surface area contributed by atoms with Crippen molar-refractivity contribution in [1.29, 1.82) is 0 Å². The Kier molecular flexibility index (Phi) is 4.77. The average Bonchev–Trinajstić information content (AvgIpc) is 3.22. The third-order valence-corrected chi connectivity index (χ3v) is 5.80. The summed E-state index contributed by atoms with van der Waals surface area (Å²) in [6.07, 6.45) is 8.08. The van der Waals surface area contributed by atoms with E-state index < -0.39 is 0 Å². The maximum absolute atomic E-state index is 13.3. The summed E-state index contributed by atoms with van der Waals surface area (Å²) in [5.74, 6) is 1.56. The molecule has 27 heavy (non-hydrogen) atoms. The summed E-state index contributed by atoms with van der Waals surface area (Å²) in [5, 5.41) is 1.03. The minimum Gasteiger partial charge on any atom is -0.451 e. The van der Waals surface area contributed by atoms with E-state index in [0.717, 1.165) is 60.3 Å². The Bertz CT molecular complexity index is 969. The maximum atomic E-state index is 13.3. The van der Waals surface area contributed by atoms with Gasteiger partial charge in [0.2, 0.25) is 0 Å². The minimum atomic E-state index is 0.0356. The van der Waals surface area contributed by atoms with E-state index in [1.165, 1.54) is 6.42 Å². The van der Waals surface area contributed by atoms with Crippen molar-refractivity contribution in [2.45, 2.75) is 59.0 Å². The molecular weight excluding hydrogens is 338 g/mol. The number of carbonyl (C=O) groups is 1. The van der Waals surface area contributed by atoms with Gasteiger partial charge < -0.3 is 13.9 Å². The van der Waals surface area contributed by atoms with Crippen molar-refractivity contribution in [3.63, 3.8) is 0 Å². The lowest BCUT2D eigenvalue weighted by molar-refractivity contribution is 0.0564. The Hall–Kier alpha value is -2.56. The lowest BCUT2D eigenvalue weighted by Crippen LogP contribution is -2.44. The maximum Gasteiger partial charge on any atom is 0.290 e. The second-order valence-corrected chi connectivity index (χ2v) is 7.66. The number of hydrogen-bond donors (Lipinski definition) is 0. The Morgan fingerprint density at radius 3 is 2.89 bits per heavy atom. The van der Waals surface area contributed by atoms with Crippen LogP contribution < -0.4 is 0 Å². The van der Waals surface area contributed by atoms with Crippen molar-refractivity contribution >= 4 is 16.9 Å². The van der Waals surface area contributed by atoms with Crippen molar-refractivity contribution in [3.8, 4) is 0 Å². The van der Waals surface area contributed by atoms with Crippen molar-refractivity contribution in [3.05, 3.63) is 53.3 Å². The molecule has 142 valence electrons. The van der Waals surface area contributed by atoms with Gasteiger partial charge in [-0.15, -0.1) is 0 Å². The van der Waals surface area contributed by atoms with Gasteiger partial charge in [0.25, 0.3) is 5.91 Å². The van der Waals surface area contributed by atoms with E-state index in [4.69, 9.17) is 4.42 Å². The highest BCUT2D eigenvalue weighted by Gasteiger charge is 2.30. The molecule has 4 rings (SSSR count). The molecule has 1 atom stereocenters. The highest BCUT2D eigenvalue weighted by atomic mass is 16.3. The third kappa shape index (κ3) is 3.38. The van der Waals surface area contributed by atoms with Gasteiger partial charge in [0.15, 0.2) is 5.76 Å². The lowest BCUT2D eigenvalue weighted by Gasteiger charge is -2.35. The highest BCUT2D eigenvalue weighted by Crippen LogP contribution is 2.29. The van der Waals surface area contributed by atoms with Crippen molar-refractivity contribution in [1.82, 2.24) is 14.5 Å². The van der Waals surface area contributed by atoms with Gasteiger partial charge >= 0.3 is 0 Å². The van der Waals surface area contributed by atoms with Gasteiger partial charge in [-0.1, -0.05) is 12.1 Å². The van der Waals surface area contributed by atoms with Crippen LogP contribution in [0.1, 0.15) is 53.2 Å². The molecule has 1 aliphatic heterocycles. The van der Waals surface area contributed by atoms with Gasteiger partial charge in [-0.2, -0.15) is 0 Å². The van der Waals surface area contributed by atoms with E-state index in [0.29, 0.717) is 5.76 Å². The number of likely N-dealkylation sites (tertiary alicyclic amines) is 1. The Morgan fingerprint density at radius 2 is 2.11 bits per heavy atom. The summed E-state index contributed by atoms with van der Waals surface area (Å²) in [7, 11) is 0. The fourth-order valence-electron chi connectivity index (χ4n) is 4.16. The molecule has 1 saturated heterocycles. The van der Waals surface area contributed by atoms with Gasteiger partial charge in [0.05, 0.1) is 0 Å². The number of furan rings is 1. The zero-order chi connectivity index (χ0) is 19.0. The molecule has 3 heterocycles. The zero-order valence-corrected chi connectivity index (χ0v) is 16.4. The molecule has 0 aliphatic carbocycles. The molecule has 2 aromatic heterocycles. The van der Waals surface area contributed by atoms with Crippen molar-refractivity contribution in [2.24, 2.45) is 0 Å². The first-order chi connectivity index (χ1) is 13.0. The number of hydrogen-bond acceptors (Lipinski definition) is 3. The Labute approximate surface area is 160 Å². The number of fused-ring (bicyclic) bond motifs is 1. The van der Waals surface area contributed by atoms with E-state index in [2.05, 4.69) is 21.7 Å². The van der Waals surface area contributed by atoms with Gasteiger partial charge in [-0.3, -0.25) is 4.79 Å². The van der Waals surface area contributed by atoms with E-state index >= 15 is 0 Å². The van der Waals surface area contributed by atoms with Gasteiger partial charge in [0, 0.05) is 42.5 Å². The Morgan fingerprint density at radius 1 is 1.26 bits per heavy atom. The summed E-state index contributed by atoms with van der Waals surface area (Å²) < 4.78 is 8.17. The number of aryl methyl sites for hydroxylation is 4. The van der Waals surface area contributed by atoms with Gasteiger partial charge in [-0.25, -0.2) is 4.98 Å². The summed E-state index contributed by atoms with van der Waals surface area (Å²) in [5.41, 5.74) is 2.89. The molecule has 5 heteroatoms.